The van der Waals surface area contributed by atoms with Crippen molar-refractivity contribution < 1.29 is 4.52 Å². The Balaban J connectivity index is 2.60. The van der Waals surface area contributed by atoms with Crippen molar-refractivity contribution in [2.24, 2.45) is 7.05 Å². The molecule has 62 valence electrons. The van der Waals surface area contributed by atoms with Crippen LogP contribution in [0, 0.1) is 0 Å². The van der Waals surface area contributed by atoms with E-state index in [4.69, 9.17) is 10.3 Å². The maximum Gasteiger partial charge on any atom is 0.134 e. The van der Waals surface area contributed by atoms with Crippen LogP contribution in [0.1, 0.15) is 0 Å². The van der Waals surface area contributed by atoms with Crippen LogP contribution >= 0.6 is 0 Å². The SMILES string of the molecule is Cn1ncc(N)c1-c1ccon1. The Morgan fingerprint density at radius 1 is 1.58 bits per heavy atom. The van der Waals surface area contributed by atoms with E-state index in [0.29, 0.717) is 11.4 Å². The first kappa shape index (κ1) is 6.90. The molecule has 0 unspecified atom stereocenters. The van der Waals surface area contributed by atoms with Crippen LogP contribution in [0.2, 0.25) is 0 Å². The number of rotatable bonds is 1. The molecule has 0 spiro atoms. The zero-order valence-electron chi connectivity index (χ0n) is 6.56. The molecule has 2 heterocycles. The first-order valence-corrected chi connectivity index (χ1v) is 3.47. The van der Waals surface area contributed by atoms with Gasteiger partial charge < -0.3 is 10.3 Å². The topological polar surface area (TPSA) is 69.9 Å². The molecule has 12 heavy (non-hydrogen) atoms. The van der Waals surface area contributed by atoms with Crippen molar-refractivity contribution in [3.8, 4) is 11.4 Å². The van der Waals surface area contributed by atoms with Gasteiger partial charge in [-0.05, 0) is 0 Å². The lowest BCUT2D eigenvalue weighted by Crippen LogP contribution is -1.95. The fourth-order valence-electron chi connectivity index (χ4n) is 1.10. The molecule has 0 atom stereocenters. The average Bonchev–Trinajstić information content (AvgIpc) is 2.61. The van der Waals surface area contributed by atoms with E-state index in [0.717, 1.165) is 5.69 Å². The van der Waals surface area contributed by atoms with Gasteiger partial charge in [0.2, 0.25) is 0 Å². The molecule has 5 nitrogen and oxygen atoms in total. The van der Waals surface area contributed by atoms with Crippen LogP contribution in [0.15, 0.2) is 23.0 Å². The molecule has 2 rings (SSSR count). The van der Waals surface area contributed by atoms with Crippen molar-refractivity contribution in [3.05, 3.63) is 18.5 Å². The molecule has 2 N–H and O–H groups in total. The van der Waals surface area contributed by atoms with Gasteiger partial charge in [-0.1, -0.05) is 5.16 Å². The summed E-state index contributed by atoms with van der Waals surface area (Å²) in [5.41, 5.74) is 7.75. The summed E-state index contributed by atoms with van der Waals surface area (Å²) in [6.07, 6.45) is 3.09. The summed E-state index contributed by atoms with van der Waals surface area (Å²) in [5.74, 6) is 0. The van der Waals surface area contributed by atoms with Crippen LogP contribution in [0.5, 0.6) is 0 Å². The van der Waals surface area contributed by atoms with Crippen molar-refractivity contribution in [1.29, 1.82) is 0 Å². The summed E-state index contributed by atoms with van der Waals surface area (Å²) in [5, 5.41) is 7.75. The fourth-order valence-corrected chi connectivity index (χ4v) is 1.10. The lowest BCUT2D eigenvalue weighted by atomic mass is 10.3. The molecule has 2 aromatic rings. The summed E-state index contributed by atoms with van der Waals surface area (Å²) in [6.45, 7) is 0. The highest BCUT2D eigenvalue weighted by atomic mass is 16.5. The molecule has 0 aliphatic heterocycles. The maximum atomic E-state index is 5.67. The van der Waals surface area contributed by atoms with E-state index in [9.17, 15) is 0 Å². The summed E-state index contributed by atoms with van der Waals surface area (Å²) in [6, 6.07) is 1.74. The summed E-state index contributed by atoms with van der Waals surface area (Å²) < 4.78 is 6.36. The van der Waals surface area contributed by atoms with Crippen LogP contribution in [0.25, 0.3) is 11.4 Å². The minimum atomic E-state index is 0.603. The number of nitrogen functional groups attached to an aromatic ring is 1. The van der Waals surface area contributed by atoms with E-state index in [1.54, 1.807) is 24.0 Å². The quantitative estimate of drug-likeness (QED) is 0.672. The standard InChI is InChI=1S/C7H8N4O/c1-11-7(5(8)4-9-11)6-2-3-12-10-6/h2-4H,8H2,1H3. The predicted molar refractivity (Wildman–Crippen MR) is 43.1 cm³/mol. The number of hydrogen-bond donors (Lipinski definition) is 1. The second-order valence-corrected chi connectivity index (χ2v) is 2.46. The number of nitrogens with two attached hydrogens (primary N) is 1. The van der Waals surface area contributed by atoms with Gasteiger partial charge in [0.15, 0.2) is 0 Å². The van der Waals surface area contributed by atoms with Gasteiger partial charge in [0.1, 0.15) is 17.7 Å². The zero-order chi connectivity index (χ0) is 8.55. The highest BCUT2D eigenvalue weighted by Gasteiger charge is 2.09. The largest absolute Gasteiger partial charge is 0.396 e. The first-order valence-electron chi connectivity index (χ1n) is 3.47. The Morgan fingerprint density at radius 2 is 2.42 bits per heavy atom. The van der Waals surface area contributed by atoms with E-state index in [2.05, 4.69) is 10.3 Å². The summed E-state index contributed by atoms with van der Waals surface area (Å²) >= 11 is 0. The van der Waals surface area contributed by atoms with Crippen molar-refractivity contribution >= 4 is 5.69 Å². The minimum absolute atomic E-state index is 0.603. The van der Waals surface area contributed by atoms with Gasteiger partial charge >= 0.3 is 0 Å². The van der Waals surface area contributed by atoms with Gasteiger partial charge in [0.05, 0.1) is 11.9 Å². The fraction of sp³-hybridized carbons (Fsp3) is 0.143. The first-order chi connectivity index (χ1) is 5.79. The Bertz CT molecular complexity index is 357. The van der Waals surface area contributed by atoms with E-state index < -0.39 is 0 Å². The smallest absolute Gasteiger partial charge is 0.134 e. The predicted octanol–water partition coefficient (Wildman–Crippen LogP) is 0.657. The lowest BCUT2D eigenvalue weighted by molar-refractivity contribution is 0.421. The van der Waals surface area contributed by atoms with Crippen LogP contribution in [0.3, 0.4) is 0 Å². The maximum absolute atomic E-state index is 5.67. The van der Waals surface area contributed by atoms with E-state index in [1.165, 1.54) is 6.26 Å². The molecule has 0 aromatic carbocycles. The number of hydrogen-bond acceptors (Lipinski definition) is 4. The molecule has 0 bridgehead atoms. The van der Waals surface area contributed by atoms with E-state index in [-0.39, 0.29) is 0 Å². The number of nitrogens with zero attached hydrogens (tertiary/aromatic N) is 3. The molecule has 5 heteroatoms. The Morgan fingerprint density at radius 3 is 2.92 bits per heavy atom. The van der Waals surface area contributed by atoms with Crippen LogP contribution < -0.4 is 5.73 Å². The molecule has 0 amide bonds. The van der Waals surface area contributed by atoms with Gasteiger partial charge in [-0.15, -0.1) is 0 Å². The molecule has 2 aromatic heterocycles. The van der Waals surface area contributed by atoms with Gasteiger partial charge in [-0.3, -0.25) is 4.68 Å². The van der Waals surface area contributed by atoms with E-state index >= 15 is 0 Å². The third kappa shape index (κ3) is 0.868. The average molecular weight is 164 g/mol. The molecular weight excluding hydrogens is 156 g/mol. The molecule has 0 saturated carbocycles. The number of anilines is 1. The van der Waals surface area contributed by atoms with Gasteiger partial charge in [-0.25, -0.2) is 0 Å². The summed E-state index contributed by atoms with van der Waals surface area (Å²) in [4.78, 5) is 0. The second-order valence-electron chi connectivity index (χ2n) is 2.46. The van der Waals surface area contributed by atoms with Crippen LogP contribution in [-0.2, 0) is 7.05 Å². The molecule has 0 fully saturated rings. The Labute approximate surface area is 68.8 Å². The third-order valence-electron chi connectivity index (χ3n) is 1.65. The second kappa shape index (κ2) is 2.37. The molecule has 0 radical (unpaired) electrons. The monoisotopic (exact) mass is 164 g/mol. The van der Waals surface area contributed by atoms with Gasteiger partial charge in [0, 0.05) is 13.1 Å². The molecular formula is C7H8N4O. The Hall–Kier alpha value is -1.78. The van der Waals surface area contributed by atoms with Crippen molar-refractivity contribution in [1.82, 2.24) is 14.9 Å². The Kier molecular flexibility index (Phi) is 1.36. The number of aromatic nitrogens is 3. The highest BCUT2D eigenvalue weighted by Crippen LogP contribution is 2.22. The zero-order valence-corrected chi connectivity index (χ0v) is 6.56. The van der Waals surface area contributed by atoms with Crippen molar-refractivity contribution in [2.75, 3.05) is 5.73 Å². The van der Waals surface area contributed by atoms with Gasteiger partial charge in [-0.2, -0.15) is 5.10 Å². The molecule has 0 aliphatic carbocycles. The van der Waals surface area contributed by atoms with E-state index in [1.807, 2.05) is 0 Å². The normalized spacial score (nSPS) is 10.4. The van der Waals surface area contributed by atoms with Crippen molar-refractivity contribution in [3.63, 3.8) is 0 Å². The summed E-state index contributed by atoms with van der Waals surface area (Å²) in [7, 11) is 1.81. The highest BCUT2D eigenvalue weighted by molar-refractivity contribution is 5.68. The third-order valence-corrected chi connectivity index (χ3v) is 1.65. The van der Waals surface area contributed by atoms with Gasteiger partial charge in [0.25, 0.3) is 0 Å². The molecule has 0 saturated heterocycles. The number of aryl methyl sites for hydroxylation is 1. The van der Waals surface area contributed by atoms with Crippen LogP contribution in [0.4, 0.5) is 5.69 Å². The van der Waals surface area contributed by atoms with Crippen LogP contribution in [-0.4, -0.2) is 14.9 Å². The lowest BCUT2D eigenvalue weighted by Gasteiger charge is -1.96. The van der Waals surface area contributed by atoms with Crippen molar-refractivity contribution in [2.45, 2.75) is 0 Å². The molecule has 0 aliphatic rings. The minimum Gasteiger partial charge on any atom is -0.396 e.